The number of nitrogens with one attached hydrogen (secondary N) is 1. The van der Waals surface area contributed by atoms with E-state index in [1.54, 1.807) is 0 Å². The zero-order valence-corrected chi connectivity index (χ0v) is 10.6. The Morgan fingerprint density at radius 2 is 2.28 bits per heavy atom. The molecule has 0 atom stereocenters. The number of nitrogen functional groups attached to an aromatic ring is 1. The standard InChI is InChI=1S/C12H19N5O/c1-2-3-9-11(13)15-8-16-12(9)17-6-4-10(18)14-5-7-17/h8H,2-7H2,1H3,(H,14,18)(H2,13,15,16). The van der Waals surface area contributed by atoms with E-state index in [9.17, 15) is 4.79 Å². The topological polar surface area (TPSA) is 84.1 Å². The van der Waals surface area contributed by atoms with E-state index in [0.717, 1.165) is 30.8 Å². The van der Waals surface area contributed by atoms with Crippen molar-refractivity contribution in [3.63, 3.8) is 0 Å². The molecular formula is C12H19N5O. The lowest BCUT2D eigenvalue weighted by atomic mass is 10.1. The highest BCUT2D eigenvalue weighted by atomic mass is 16.1. The van der Waals surface area contributed by atoms with Gasteiger partial charge < -0.3 is 16.0 Å². The maximum Gasteiger partial charge on any atom is 0.221 e. The second-order valence-corrected chi connectivity index (χ2v) is 4.40. The molecule has 1 amide bonds. The molecule has 0 bridgehead atoms. The molecule has 1 fully saturated rings. The van der Waals surface area contributed by atoms with Crippen LogP contribution in [0.5, 0.6) is 0 Å². The number of nitrogens with two attached hydrogens (primary N) is 1. The highest BCUT2D eigenvalue weighted by Gasteiger charge is 2.18. The van der Waals surface area contributed by atoms with Gasteiger partial charge in [-0.2, -0.15) is 0 Å². The summed E-state index contributed by atoms with van der Waals surface area (Å²) in [5, 5.41) is 2.86. The summed E-state index contributed by atoms with van der Waals surface area (Å²) in [6, 6.07) is 0. The van der Waals surface area contributed by atoms with Gasteiger partial charge in [-0.05, 0) is 6.42 Å². The van der Waals surface area contributed by atoms with Crippen LogP contribution in [-0.2, 0) is 11.2 Å². The molecule has 0 aliphatic carbocycles. The van der Waals surface area contributed by atoms with E-state index in [0.29, 0.717) is 25.3 Å². The average Bonchev–Trinajstić information content (AvgIpc) is 2.57. The Kier molecular flexibility index (Phi) is 3.96. The first kappa shape index (κ1) is 12.6. The Labute approximate surface area is 107 Å². The van der Waals surface area contributed by atoms with Gasteiger partial charge in [-0.3, -0.25) is 4.79 Å². The van der Waals surface area contributed by atoms with Crippen LogP contribution in [0, 0.1) is 0 Å². The van der Waals surface area contributed by atoms with Crippen molar-refractivity contribution in [1.82, 2.24) is 15.3 Å². The third kappa shape index (κ3) is 2.69. The number of aromatic nitrogens is 2. The molecular weight excluding hydrogens is 230 g/mol. The fourth-order valence-corrected chi connectivity index (χ4v) is 2.16. The third-order valence-electron chi connectivity index (χ3n) is 3.07. The molecule has 18 heavy (non-hydrogen) atoms. The first-order valence-corrected chi connectivity index (χ1v) is 6.33. The van der Waals surface area contributed by atoms with E-state index >= 15 is 0 Å². The summed E-state index contributed by atoms with van der Waals surface area (Å²) >= 11 is 0. The van der Waals surface area contributed by atoms with Crippen molar-refractivity contribution >= 4 is 17.5 Å². The fraction of sp³-hybridized carbons (Fsp3) is 0.583. The highest BCUT2D eigenvalue weighted by molar-refractivity contribution is 5.77. The lowest BCUT2D eigenvalue weighted by Crippen LogP contribution is -2.30. The number of anilines is 2. The predicted molar refractivity (Wildman–Crippen MR) is 70.3 cm³/mol. The quantitative estimate of drug-likeness (QED) is 0.807. The van der Waals surface area contributed by atoms with Gasteiger partial charge in [0, 0.05) is 31.6 Å². The first-order valence-electron chi connectivity index (χ1n) is 6.33. The number of hydrogen-bond acceptors (Lipinski definition) is 5. The molecule has 6 heteroatoms. The van der Waals surface area contributed by atoms with E-state index in [1.807, 2.05) is 0 Å². The van der Waals surface area contributed by atoms with Crippen molar-refractivity contribution < 1.29 is 4.79 Å². The van der Waals surface area contributed by atoms with Gasteiger partial charge in [-0.25, -0.2) is 9.97 Å². The maximum absolute atomic E-state index is 11.3. The number of rotatable bonds is 3. The Hall–Kier alpha value is -1.85. The van der Waals surface area contributed by atoms with Crippen LogP contribution in [0.1, 0.15) is 25.3 Å². The summed E-state index contributed by atoms with van der Waals surface area (Å²) in [6.45, 7) is 4.19. The van der Waals surface area contributed by atoms with Crippen molar-refractivity contribution in [2.24, 2.45) is 0 Å². The van der Waals surface area contributed by atoms with Crippen LogP contribution in [0.3, 0.4) is 0 Å². The summed E-state index contributed by atoms with van der Waals surface area (Å²) in [6.07, 6.45) is 3.84. The summed E-state index contributed by atoms with van der Waals surface area (Å²) in [5.41, 5.74) is 6.91. The molecule has 1 aliphatic heterocycles. The molecule has 0 radical (unpaired) electrons. The van der Waals surface area contributed by atoms with Gasteiger partial charge in [0.1, 0.15) is 18.0 Å². The summed E-state index contributed by atoms with van der Waals surface area (Å²) in [5.74, 6) is 1.52. The zero-order valence-electron chi connectivity index (χ0n) is 10.6. The minimum Gasteiger partial charge on any atom is -0.383 e. The van der Waals surface area contributed by atoms with Crippen LogP contribution in [0.2, 0.25) is 0 Å². The van der Waals surface area contributed by atoms with E-state index in [-0.39, 0.29) is 5.91 Å². The second kappa shape index (κ2) is 5.66. The van der Waals surface area contributed by atoms with Crippen LogP contribution in [0.15, 0.2) is 6.33 Å². The summed E-state index contributed by atoms with van der Waals surface area (Å²) in [4.78, 5) is 21.8. The van der Waals surface area contributed by atoms with Gasteiger partial charge in [0.25, 0.3) is 0 Å². The Morgan fingerprint density at radius 3 is 3.06 bits per heavy atom. The molecule has 0 aromatic carbocycles. The summed E-state index contributed by atoms with van der Waals surface area (Å²) < 4.78 is 0. The second-order valence-electron chi connectivity index (χ2n) is 4.40. The maximum atomic E-state index is 11.3. The zero-order chi connectivity index (χ0) is 13.0. The average molecular weight is 249 g/mol. The lowest BCUT2D eigenvalue weighted by molar-refractivity contribution is -0.120. The normalized spacial score (nSPS) is 16.3. The molecule has 1 aromatic heterocycles. The molecule has 0 saturated carbocycles. The summed E-state index contributed by atoms with van der Waals surface area (Å²) in [7, 11) is 0. The molecule has 3 N–H and O–H groups in total. The van der Waals surface area contributed by atoms with Crippen LogP contribution in [0.4, 0.5) is 11.6 Å². The highest BCUT2D eigenvalue weighted by Crippen LogP contribution is 2.23. The van der Waals surface area contributed by atoms with Gasteiger partial charge >= 0.3 is 0 Å². The van der Waals surface area contributed by atoms with E-state index in [1.165, 1.54) is 6.33 Å². The largest absolute Gasteiger partial charge is 0.383 e. The van der Waals surface area contributed by atoms with Gasteiger partial charge in [-0.1, -0.05) is 13.3 Å². The van der Waals surface area contributed by atoms with Gasteiger partial charge in [0.15, 0.2) is 0 Å². The van der Waals surface area contributed by atoms with Crippen LogP contribution in [-0.4, -0.2) is 35.5 Å². The molecule has 1 aromatic rings. The number of hydrogen-bond donors (Lipinski definition) is 2. The Bertz CT molecular complexity index is 434. The minimum absolute atomic E-state index is 0.0940. The van der Waals surface area contributed by atoms with Crippen molar-refractivity contribution in [2.45, 2.75) is 26.2 Å². The fourth-order valence-electron chi connectivity index (χ4n) is 2.16. The van der Waals surface area contributed by atoms with Crippen LogP contribution >= 0.6 is 0 Å². The van der Waals surface area contributed by atoms with Gasteiger partial charge in [0.2, 0.25) is 5.91 Å². The molecule has 0 spiro atoms. The van der Waals surface area contributed by atoms with Crippen LogP contribution < -0.4 is 16.0 Å². The molecule has 0 unspecified atom stereocenters. The van der Waals surface area contributed by atoms with Crippen molar-refractivity contribution in [1.29, 1.82) is 0 Å². The monoisotopic (exact) mass is 249 g/mol. The van der Waals surface area contributed by atoms with Gasteiger partial charge in [-0.15, -0.1) is 0 Å². The predicted octanol–water partition coefficient (Wildman–Crippen LogP) is 0.338. The first-order chi connectivity index (χ1) is 8.72. The Morgan fingerprint density at radius 1 is 1.44 bits per heavy atom. The molecule has 2 rings (SSSR count). The van der Waals surface area contributed by atoms with E-state index in [2.05, 4.69) is 27.1 Å². The molecule has 1 saturated heterocycles. The number of carbonyl (C=O) groups excluding carboxylic acids is 1. The molecule has 2 heterocycles. The number of amides is 1. The Balaban J connectivity index is 2.26. The minimum atomic E-state index is 0.0940. The van der Waals surface area contributed by atoms with Crippen molar-refractivity contribution in [2.75, 3.05) is 30.3 Å². The van der Waals surface area contributed by atoms with Crippen molar-refractivity contribution in [3.05, 3.63) is 11.9 Å². The number of carbonyl (C=O) groups is 1. The molecule has 6 nitrogen and oxygen atoms in total. The van der Waals surface area contributed by atoms with Crippen molar-refractivity contribution in [3.8, 4) is 0 Å². The van der Waals surface area contributed by atoms with Gasteiger partial charge in [0.05, 0.1) is 0 Å². The molecule has 1 aliphatic rings. The SMILES string of the molecule is CCCc1c(N)ncnc1N1CCNC(=O)CC1. The van der Waals surface area contributed by atoms with Crippen LogP contribution in [0.25, 0.3) is 0 Å². The smallest absolute Gasteiger partial charge is 0.221 e. The van der Waals surface area contributed by atoms with E-state index in [4.69, 9.17) is 5.73 Å². The lowest BCUT2D eigenvalue weighted by Gasteiger charge is -2.23. The number of nitrogens with zero attached hydrogens (tertiary/aromatic N) is 3. The molecule has 98 valence electrons. The van der Waals surface area contributed by atoms with E-state index < -0.39 is 0 Å². The third-order valence-corrected chi connectivity index (χ3v) is 3.07.